The molecule has 5 rings (SSSR count). The molecular formula is C30H34N6O3S. The fourth-order valence-corrected chi connectivity index (χ4v) is 5.64. The molecule has 1 amide bonds. The molecule has 1 aliphatic heterocycles. The lowest BCUT2D eigenvalue weighted by Crippen LogP contribution is -2.31. The van der Waals surface area contributed by atoms with Crippen LogP contribution in [0.5, 0.6) is 0 Å². The highest BCUT2D eigenvalue weighted by molar-refractivity contribution is 7.89. The Morgan fingerprint density at radius 3 is 2.60 bits per heavy atom. The quantitative estimate of drug-likeness (QED) is 0.214. The number of fused-ring (bicyclic) bond motifs is 2. The number of primary sulfonamides is 1. The molecule has 1 aliphatic rings. The molecule has 2 heterocycles. The summed E-state index contributed by atoms with van der Waals surface area (Å²) in [6.07, 6.45) is 4.46. The maximum absolute atomic E-state index is 12.3. The number of hydrogen-bond donors (Lipinski definition) is 4. The maximum Gasteiger partial charge on any atom is 0.251 e. The van der Waals surface area contributed by atoms with Crippen LogP contribution in [0.15, 0.2) is 65.7 Å². The monoisotopic (exact) mass is 558 g/mol. The molecule has 10 heteroatoms. The van der Waals surface area contributed by atoms with Crippen LogP contribution in [0.25, 0.3) is 22.0 Å². The molecule has 1 unspecified atom stereocenters. The number of amides is 1. The number of nitrogens with zero attached hydrogens (tertiary/aromatic N) is 2. The molecule has 0 bridgehead atoms. The maximum atomic E-state index is 12.3. The number of carbonyl (C=O) groups excluding carboxylic acids is 1. The fourth-order valence-electron chi connectivity index (χ4n) is 5.12. The van der Waals surface area contributed by atoms with Gasteiger partial charge in [0.05, 0.1) is 10.4 Å². The Morgan fingerprint density at radius 1 is 1.07 bits per heavy atom. The highest BCUT2D eigenvalue weighted by Gasteiger charge is 2.20. The third-order valence-electron chi connectivity index (χ3n) is 7.25. The van der Waals surface area contributed by atoms with E-state index in [1.54, 1.807) is 18.3 Å². The van der Waals surface area contributed by atoms with Gasteiger partial charge in [0.15, 0.2) is 0 Å². The van der Waals surface area contributed by atoms with Crippen molar-refractivity contribution in [3.05, 3.63) is 77.5 Å². The van der Waals surface area contributed by atoms with Gasteiger partial charge in [0.25, 0.3) is 5.91 Å². The van der Waals surface area contributed by atoms with E-state index in [1.807, 2.05) is 18.2 Å². The standard InChI is InChI=1S/C30H34N6O3S/c1-3-32-14-12-19(2)16-27-25(20-4-11-26-21(17-20)13-15-33-29(26)37)10-5-22-18-34-30(36-28(22)27)35-23-6-8-24(9-7-23)40(31,38)39/h4-11,17-19,32H,3,12-16H2,1-2H3,(H,33,37)(H2,31,38,39)(H,34,35,36). The van der Waals surface area contributed by atoms with Crippen molar-refractivity contribution in [3.8, 4) is 11.1 Å². The van der Waals surface area contributed by atoms with E-state index in [1.165, 1.54) is 12.1 Å². The summed E-state index contributed by atoms with van der Waals surface area (Å²) in [5.74, 6) is 0.796. The predicted octanol–water partition coefficient (Wildman–Crippen LogP) is 4.15. The van der Waals surface area contributed by atoms with Crippen molar-refractivity contribution in [2.24, 2.45) is 11.1 Å². The van der Waals surface area contributed by atoms with E-state index in [-0.39, 0.29) is 10.8 Å². The lowest BCUT2D eigenvalue weighted by molar-refractivity contribution is 0.0946. The number of aromatic nitrogens is 2. The van der Waals surface area contributed by atoms with Crippen LogP contribution in [0.1, 0.15) is 41.8 Å². The number of sulfonamides is 1. The Balaban J connectivity index is 1.55. The van der Waals surface area contributed by atoms with Gasteiger partial charge in [-0.2, -0.15) is 0 Å². The van der Waals surface area contributed by atoms with Gasteiger partial charge in [-0.1, -0.05) is 38.1 Å². The van der Waals surface area contributed by atoms with Crippen molar-refractivity contribution in [2.45, 2.75) is 38.0 Å². The molecule has 0 spiro atoms. The summed E-state index contributed by atoms with van der Waals surface area (Å²) >= 11 is 0. The van der Waals surface area contributed by atoms with Crippen molar-refractivity contribution in [1.29, 1.82) is 0 Å². The van der Waals surface area contributed by atoms with Crippen LogP contribution >= 0.6 is 0 Å². The van der Waals surface area contributed by atoms with Crippen LogP contribution in [0.4, 0.5) is 11.6 Å². The molecule has 3 aromatic carbocycles. The average Bonchev–Trinajstić information content (AvgIpc) is 2.93. The molecule has 1 aromatic heterocycles. The molecule has 40 heavy (non-hydrogen) atoms. The Hall–Kier alpha value is -3.86. The van der Waals surface area contributed by atoms with Gasteiger partial charge in [0, 0.05) is 29.4 Å². The van der Waals surface area contributed by atoms with Crippen LogP contribution in [0.3, 0.4) is 0 Å². The van der Waals surface area contributed by atoms with E-state index in [0.29, 0.717) is 24.1 Å². The SMILES string of the molecule is CCNCCC(C)Cc1c(-c2ccc3c(c2)CCNC3=O)ccc2cnc(Nc3ccc(S(N)(=O)=O)cc3)nc12. The van der Waals surface area contributed by atoms with Gasteiger partial charge in [-0.25, -0.2) is 23.5 Å². The highest BCUT2D eigenvalue weighted by atomic mass is 32.2. The molecule has 208 valence electrons. The predicted molar refractivity (Wildman–Crippen MR) is 158 cm³/mol. The average molecular weight is 559 g/mol. The van der Waals surface area contributed by atoms with Gasteiger partial charge in [0.2, 0.25) is 16.0 Å². The van der Waals surface area contributed by atoms with E-state index in [4.69, 9.17) is 10.1 Å². The van der Waals surface area contributed by atoms with E-state index in [0.717, 1.165) is 71.1 Å². The number of nitrogens with one attached hydrogen (secondary N) is 3. The van der Waals surface area contributed by atoms with Crippen LogP contribution in [-0.4, -0.2) is 43.9 Å². The van der Waals surface area contributed by atoms with Gasteiger partial charge in [-0.05, 0) is 90.9 Å². The lowest BCUT2D eigenvalue weighted by Gasteiger charge is -2.20. The number of rotatable bonds is 10. The first-order chi connectivity index (χ1) is 19.2. The molecule has 5 N–H and O–H groups in total. The zero-order valence-electron chi connectivity index (χ0n) is 22.7. The molecule has 0 saturated carbocycles. The normalized spacial score (nSPS) is 14.0. The second-order valence-electron chi connectivity index (χ2n) is 10.2. The summed E-state index contributed by atoms with van der Waals surface area (Å²) < 4.78 is 23.2. The van der Waals surface area contributed by atoms with Crippen molar-refractivity contribution in [2.75, 3.05) is 25.0 Å². The van der Waals surface area contributed by atoms with Crippen LogP contribution in [0, 0.1) is 5.92 Å². The zero-order valence-corrected chi connectivity index (χ0v) is 23.5. The van der Waals surface area contributed by atoms with E-state index >= 15 is 0 Å². The molecule has 0 fully saturated rings. The zero-order chi connectivity index (χ0) is 28.3. The molecule has 1 atom stereocenters. The first-order valence-electron chi connectivity index (χ1n) is 13.5. The molecule has 0 saturated heterocycles. The summed E-state index contributed by atoms with van der Waals surface area (Å²) in [5.41, 5.74) is 6.60. The van der Waals surface area contributed by atoms with Crippen LogP contribution in [0.2, 0.25) is 0 Å². The minimum Gasteiger partial charge on any atom is -0.352 e. The number of hydrogen-bond acceptors (Lipinski definition) is 7. The van der Waals surface area contributed by atoms with Crippen molar-refractivity contribution in [1.82, 2.24) is 20.6 Å². The van der Waals surface area contributed by atoms with Crippen molar-refractivity contribution in [3.63, 3.8) is 0 Å². The lowest BCUT2D eigenvalue weighted by atomic mass is 9.88. The summed E-state index contributed by atoms with van der Waals surface area (Å²) in [7, 11) is -3.77. The van der Waals surface area contributed by atoms with Gasteiger partial charge >= 0.3 is 0 Å². The Bertz CT molecular complexity index is 1650. The minimum absolute atomic E-state index is 0.0240. The van der Waals surface area contributed by atoms with Gasteiger partial charge < -0.3 is 16.0 Å². The number of nitrogens with two attached hydrogens (primary N) is 1. The summed E-state index contributed by atoms with van der Waals surface area (Å²) in [5, 5.41) is 15.7. The second-order valence-corrected chi connectivity index (χ2v) is 11.8. The fraction of sp³-hybridized carbons (Fsp3) is 0.300. The van der Waals surface area contributed by atoms with Gasteiger partial charge in [0.1, 0.15) is 0 Å². The molecule has 0 radical (unpaired) electrons. The first kappa shape index (κ1) is 27.7. The third-order valence-corrected chi connectivity index (χ3v) is 8.18. The summed E-state index contributed by atoms with van der Waals surface area (Å²) in [4.78, 5) is 21.8. The third kappa shape index (κ3) is 6.14. The topological polar surface area (TPSA) is 139 Å². The summed E-state index contributed by atoms with van der Waals surface area (Å²) in [6, 6.07) is 16.4. The Morgan fingerprint density at radius 2 is 1.85 bits per heavy atom. The Kier molecular flexibility index (Phi) is 8.11. The van der Waals surface area contributed by atoms with Crippen molar-refractivity contribution >= 4 is 38.5 Å². The van der Waals surface area contributed by atoms with Gasteiger partial charge in [-0.3, -0.25) is 4.79 Å². The Labute approximate surface area is 234 Å². The summed E-state index contributed by atoms with van der Waals surface area (Å²) in [6.45, 7) is 6.89. The van der Waals surface area contributed by atoms with Crippen molar-refractivity contribution < 1.29 is 13.2 Å². The van der Waals surface area contributed by atoms with E-state index in [2.05, 4.69) is 46.9 Å². The molecule has 9 nitrogen and oxygen atoms in total. The smallest absolute Gasteiger partial charge is 0.251 e. The number of anilines is 2. The van der Waals surface area contributed by atoms with Crippen LogP contribution in [-0.2, 0) is 22.9 Å². The van der Waals surface area contributed by atoms with E-state index in [9.17, 15) is 13.2 Å². The second kappa shape index (κ2) is 11.7. The molecule has 4 aromatic rings. The number of benzene rings is 3. The van der Waals surface area contributed by atoms with E-state index < -0.39 is 10.0 Å². The molecular weight excluding hydrogens is 524 g/mol. The molecule has 0 aliphatic carbocycles. The first-order valence-corrected chi connectivity index (χ1v) is 15.1. The minimum atomic E-state index is -3.77. The van der Waals surface area contributed by atoms with Gasteiger partial charge in [-0.15, -0.1) is 0 Å². The largest absolute Gasteiger partial charge is 0.352 e. The number of carbonyl (C=O) groups is 1. The highest BCUT2D eigenvalue weighted by Crippen LogP contribution is 2.34. The van der Waals surface area contributed by atoms with Crippen LogP contribution < -0.4 is 21.1 Å².